The molecule has 128 valence electrons. The van der Waals surface area contributed by atoms with Gasteiger partial charge in [0, 0.05) is 24.0 Å². The molecule has 2 aromatic carbocycles. The highest BCUT2D eigenvalue weighted by atomic mass is 19.4. The minimum atomic E-state index is -4.43. The molecule has 1 aromatic heterocycles. The van der Waals surface area contributed by atoms with Crippen molar-refractivity contribution >= 4 is 16.8 Å². The molecule has 0 radical (unpaired) electrons. The van der Waals surface area contributed by atoms with Gasteiger partial charge < -0.3 is 9.88 Å². The zero-order valence-corrected chi connectivity index (χ0v) is 12.8. The van der Waals surface area contributed by atoms with Gasteiger partial charge in [0.1, 0.15) is 11.5 Å². The predicted octanol–water partition coefficient (Wildman–Crippen LogP) is 4.21. The maximum absolute atomic E-state index is 14.0. The van der Waals surface area contributed by atoms with E-state index in [-0.39, 0.29) is 5.91 Å². The summed E-state index contributed by atoms with van der Waals surface area (Å²) in [5.41, 5.74) is 1.22. The molecule has 0 aliphatic carbocycles. The number of fused-ring (bicyclic) bond motifs is 3. The van der Waals surface area contributed by atoms with E-state index in [1.165, 1.54) is 24.3 Å². The zero-order chi connectivity index (χ0) is 17.8. The van der Waals surface area contributed by atoms with Crippen molar-refractivity contribution in [2.45, 2.75) is 12.7 Å². The Labute approximate surface area is 139 Å². The number of hydrogen-bond donors (Lipinski definition) is 1. The smallest absolute Gasteiger partial charge is 0.349 e. The van der Waals surface area contributed by atoms with Crippen molar-refractivity contribution in [3.8, 4) is 11.1 Å². The van der Waals surface area contributed by atoms with Crippen molar-refractivity contribution in [2.24, 2.45) is 0 Å². The van der Waals surface area contributed by atoms with E-state index in [4.69, 9.17) is 0 Å². The van der Waals surface area contributed by atoms with E-state index < -0.39 is 17.6 Å². The van der Waals surface area contributed by atoms with Crippen molar-refractivity contribution in [1.82, 2.24) is 9.88 Å². The molecule has 1 N–H and O–H groups in total. The van der Waals surface area contributed by atoms with E-state index in [2.05, 4.69) is 5.32 Å². The van der Waals surface area contributed by atoms with Gasteiger partial charge in [0.2, 0.25) is 0 Å². The van der Waals surface area contributed by atoms with Crippen LogP contribution in [0.1, 0.15) is 16.1 Å². The molecule has 3 nitrogen and oxygen atoms in total. The minimum absolute atomic E-state index is 0.249. The van der Waals surface area contributed by atoms with Crippen molar-refractivity contribution in [3.63, 3.8) is 0 Å². The molecule has 1 amide bonds. The van der Waals surface area contributed by atoms with E-state index in [1.807, 2.05) is 0 Å². The number of hydrogen-bond acceptors (Lipinski definition) is 1. The highest BCUT2D eigenvalue weighted by molar-refractivity contribution is 6.03. The molecule has 7 heteroatoms. The number of rotatable bonds is 1. The highest BCUT2D eigenvalue weighted by Gasteiger charge is 2.30. The lowest BCUT2D eigenvalue weighted by molar-refractivity contribution is -0.137. The maximum atomic E-state index is 14.0. The van der Waals surface area contributed by atoms with Gasteiger partial charge in [-0.15, -0.1) is 0 Å². The van der Waals surface area contributed by atoms with Crippen LogP contribution in [0.4, 0.5) is 17.6 Å². The lowest BCUT2D eigenvalue weighted by atomic mass is 10.0. The van der Waals surface area contributed by atoms with E-state index in [1.54, 1.807) is 10.6 Å². The molecular weight excluding hydrogens is 336 g/mol. The molecule has 0 unspecified atom stereocenters. The lowest BCUT2D eigenvalue weighted by Gasteiger charge is -2.18. The number of nitrogens with zero attached hydrogens (tertiary/aromatic N) is 1. The van der Waals surface area contributed by atoms with Gasteiger partial charge in [0.25, 0.3) is 5.91 Å². The number of alkyl halides is 3. The van der Waals surface area contributed by atoms with Crippen LogP contribution in [0.15, 0.2) is 42.5 Å². The van der Waals surface area contributed by atoms with E-state index in [9.17, 15) is 22.4 Å². The standard InChI is InChI=1S/C18H12F4N2O/c19-13-7-11-8-15-17(25)23-5-6-24(15)16(11)14(9-13)10-1-3-12(4-2-10)18(20,21)22/h1-4,7-9H,5-6H2,(H,23,25). The molecule has 0 spiro atoms. The fourth-order valence-electron chi connectivity index (χ4n) is 3.23. The average molecular weight is 348 g/mol. The van der Waals surface area contributed by atoms with Crippen LogP contribution < -0.4 is 5.32 Å². The van der Waals surface area contributed by atoms with Crippen molar-refractivity contribution < 1.29 is 22.4 Å². The second-order valence-corrected chi connectivity index (χ2v) is 5.90. The van der Waals surface area contributed by atoms with Crippen LogP contribution in [0.5, 0.6) is 0 Å². The summed E-state index contributed by atoms with van der Waals surface area (Å²) in [5.74, 6) is -0.757. The van der Waals surface area contributed by atoms with Crippen LogP contribution in [0, 0.1) is 5.82 Å². The first-order chi connectivity index (χ1) is 11.8. The number of carbonyl (C=O) groups is 1. The molecule has 2 heterocycles. The van der Waals surface area contributed by atoms with E-state index >= 15 is 0 Å². The summed E-state index contributed by atoms with van der Waals surface area (Å²) in [5, 5.41) is 3.26. The molecule has 3 aromatic rings. The van der Waals surface area contributed by atoms with Gasteiger partial charge in [-0.3, -0.25) is 4.79 Å². The Balaban J connectivity index is 1.94. The van der Waals surface area contributed by atoms with Crippen LogP contribution in [0.3, 0.4) is 0 Å². The quantitative estimate of drug-likeness (QED) is 0.657. The molecule has 0 saturated carbocycles. The fourth-order valence-corrected chi connectivity index (χ4v) is 3.23. The summed E-state index contributed by atoms with van der Waals surface area (Å²) in [6, 6.07) is 8.78. The first-order valence-corrected chi connectivity index (χ1v) is 7.63. The Kier molecular flexibility index (Phi) is 3.35. The molecule has 4 rings (SSSR count). The maximum Gasteiger partial charge on any atom is 0.416 e. The Hall–Kier alpha value is -2.83. The predicted molar refractivity (Wildman–Crippen MR) is 84.7 cm³/mol. The normalized spacial score (nSPS) is 14.5. The zero-order valence-electron chi connectivity index (χ0n) is 12.8. The number of amides is 1. The van der Waals surface area contributed by atoms with Gasteiger partial charge in [0.05, 0.1) is 11.1 Å². The third kappa shape index (κ3) is 2.56. The fraction of sp³-hybridized carbons (Fsp3) is 0.167. The number of halogens is 4. The van der Waals surface area contributed by atoms with Gasteiger partial charge in [-0.25, -0.2) is 4.39 Å². The van der Waals surface area contributed by atoms with Crippen molar-refractivity contribution in [1.29, 1.82) is 0 Å². The van der Waals surface area contributed by atoms with Crippen LogP contribution in [-0.4, -0.2) is 17.0 Å². The Morgan fingerprint density at radius 2 is 1.76 bits per heavy atom. The minimum Gasteiger partial charge on any atom is -0.349 e. The molecule has 1 aliphatic rings. The topological polar surface area (TPSA) is 34.0 Å². The van der Waals surface area contributed by atoms with Gasteiger partial charge in [-0.2, -0.15) is 13.2 Å². The Morgan fingerprint density at radius 1 is 1.04 bits per heavy atom. The Bertz CT molecular complexity index is 987. The number of carbonyl (C=O) groups excluding carboxylic acids is 1. The summed E-state index contributed by atoms with van der Waals surface area (Å²) >= 11 is 0. The number of aromatic nitrogens is 1. The second-order valence-electron chi connectivity index (χ2n) is 5.90. The molecule has 0 atom stereocenters. The highest BCUT2D eigenvalue weighted by Crippen LogP contribution is 2.35. The van der Waals surface area contributed by atoms with Gasteiger partial charge >= 0.3 is 6.18 Å². The summed E-state index contributed by atoms with van der Waals surface area (Å²) < 4.78 is 54.0. The first-order valence-electron chi connectivity index (χ1n) is 7.63. The van der Waals surface area contributed by atoms with Crippen LogP contribution >= 0.6 is 0 Å². The first kappa shape index (κ1) is 15.7. The molecule has 25 heavy (non-hydrogen) atoms. The van der Waals surface area contributed by atoms with Crippen LogP contribution in [0.2, 0.25) is 0 Å². The molecule has 0 saturated heterocycles. The monoisotopic (exact) mass is 348 g/mol. The molecule has 0 fully saturated rings. The average Bonchev–Trinajstić information content (AvgIpc) is 2.93. The molecular formula is C18H12F4N2O. The van der Waals surface area contributed by atoms with E-state index in [0.29, 0.717) is 40.8 Å². The lowest BCUT2D eigenvalue weighted by Crippen LogP contribution is -2.34. The van der Waals surface area contributed by atoms with Crippen LogP contribution in [0.25, 0.3) is 22.0 Å². The summed E-state index contributed by atoms with van der Waals surface area (Å²) in [7, 11) is 0. The van der Waals surface area contributed by atoms with Gasteiger partial charge in [0.15, 0.2) is 0 Å². The molecule has 0 bridgehead atoms. The summed E-state index contributed by atoms with van der Waals surface area (Å²) in [6.45, 7) is 0.962. The largest absolute Gasteiger partial charge is 0.416 e. The number of nitrogens with one attached hydrogen (secondary N) is 1. The third-order valence-electron chi connectivity index (χ3n) is 4.33. The van der Waals surface area contributed by atoms with Gasteiger partial charge in [-0.05, 0) is 35.9 Å². The SMILES string of the molecule is O=C1NCCn2c1cc1cc(F)cc(-c3ccc(C(F)(F)F)cc3)c12. The van der Waals surface area contributed by atoms with Crippen molar-refractivity contribution in [3.05, 3.63) is 59.5 Å². The summed E-state index contributed by atoms with van der Waals surface area (Å²) in [4.78, 5) is 12.0. The third-order valence-corrected chi connectivity index (χ3v) is 4.33. The number of benzene rings is 2. The van der Waals surface area contributed by atoms with Gasteiger partial charge in [-0.1, -0.05) is 12.1 Å². The van der Waals surface area contributed by atoms with Crippen LogP contribution in [-0.2, 0) is 12.7 Å². The summed E-state index contributed by atoms with van der Waals surface area (Å²) in [6.07, 6.45) is -4.43. The molecule has 1 aliphatic heterocycles. The van der Waals surface area contributed by atoms with Crippen molar-refractivity contribution in [2.75, 3.05) is 6.54 Å². The second kappa shape index (κ2) is 5.34. The Morgan fingerprint density at radius 3 is 2.44 bits per heavy atom. The van der Waals surface area contributed by atoms with E-state index in [0.717, 1.165) is 12.1 Å².